The molecule has 2 aromatic carbocycles. The van der Waals surface area contributed by atoms with Crippen LogP contribution in [0.15, 0.2) is 79.0 Å². The van der Waals surface area contributed by atoms with Crippen molar-refractivity contribution in [3.63, 3.8) is 0 Å². The van der Waals surface area contributed by atoms with E-state index < -0.39 is 23.8 Å². The lowest BCUT2D eigenvalue weighted by Crippen LogP contribution is -2.49. The van der Waals surface area contributed by atoms with Crippen molar-refractivity contribution >= 4 is 17.8 Å². The van der Waals surface area contributed by atoms with Gasteiger partial charge < -0.3 is 14.8 Å². The molecule has 0 bridgehead atoms. The zero-order chi connectivity index (χ0) is 24.8. The normalized spacial score (nSPS) is 14.7. The van der Waals surface area contributed by atoms with Gasteiger partial charge in [-0.05, 0) is 49.9 Å². The molecule has 0 spiro atoms. The van der Waals surface area contributed by atoms with Crippen LogP contribution in [0.4, 0.5) is 10.6 Å². The van der Waals surface area contributed by atoms with E-state index in [1.807, 2.05) is 72.8 Å². The molecule has 2 amide bonds. The zero-order valence-corrected chi connectivity index (χ0v) is 20.3. The average Bonchev–Trinajstić information content (AvgIpc) is 3.27. The summed E-state index contributed by atoms with van der Waals surface area (Å²) >= 11 is 0. The molecule has 1 aromatic heterocycles. The van der Waals surface area contributed by atoms with Crippen LogP contribution < -0.4 is 10.2 Å². The highest BCUT2D eigenvalue weighted by Crippen LogP contribution is 2.30. The van der Waals surface area contributed by atoms with Gasteiger partial charge in [0.1, 0.15) is 11.4 Å². The SMILES string of the molecule is CC(C)(C)OC(=O)N[C@@H](c1ccccc1)[C@@H](OCc1ccccc1)C(=O)N1CCc2cccnc21. The Bertz CT molecular complexity index is 1150. The van der Waals surface area contributed by atoms with Crippen molar-refractivity contribution in [3.8, 4) is 0 Å². The Kier molecular flexibility index (Phi) is 7.46. The summed E-state index contributed by atoms with van der Waals surface area (Å²) in [6, 6.07) is 22.1. The maximum atomic E-state index is 14.0. The highest BCUT2D eigenvalue weighted by molar-refractivity contribution is 5.98. The first-order valence-corrected chi connectivity index (χ1v) is 11.8. The van der Waals surface area contributed by atoms with E-state index in [1.165, 1.54) is 0 Å². The molecular formula is C28H31N3O4. The second kappa shape index (κ2) is 10.7. The van der Waals surface area contributed by atoms with E-state index in [1.54, 1.807) is 31.9 Å². The lowest BCUT2D eigenvalue weighted by molar-refractivity contribution is -0.133. The number of nitrogens with one attached hydrogen (secondary N) is 1. The van der Waals surface area contributed by atoms with Gasteiger partial charge in [0.05, 0.1) is 12.6 Å². The number of benzene rings is 2. The van der Waals surface area contributed by atoms with Gasteiger partial charge in [0, 0.05) is 12.7 Å². The van der Waals surface area contributed by atoms with E-state index in [9.17, 15) is 9.59 Å². The minimum absolute atomic E-state index is 0.208. The highest BCUT2D eigenvalue weighted by atomic mass is 16.6. The maximum absolute atomic E-state index is 14.0. The third-order valence-corrected chi connectivity index (χ3v) is 5.64. The minimum Gasteiger partial charge on any atom is -0.444 e. The fourth-order valence-corrected chi connectivity index (χ4v) is 4.07. The third-order valence-electron chi connectivity index (χ3n) is 5.64. The molecule has 0 aliphatic carbocycles. The van der Waals surface area contributed by atoms with Crippen molar-refractivity contribution in [1.82, 2.24) is 10.3 Å². The molecule has 0 saturated carbocycles. The van der Waals surface area contributed by atoms with Gasteiger partial charge in [0.2, 0.25) is 0 Å². The molecule has 3 aromatic rings. The molecule has 4 rings (SSSR count). The van der Waals surface area contributed by atoms with Gasteiger partial charge >= 0.3 is 6.09 Å². The standard InChI is InChI=1S/C28H31N3O4/c1-28(2,3)35-27(33)30-23(21-13-8-5-9-14-21)24(34-19-20-11-6-4-7-12-20)26(32)31-18-16-22-15-10-17-29-25(22)31/h4-15,17,23-24H,16,18-19H2,1-3H3,(H,30,33)/t23-,24+/m0/s1. The number of hydrogen-bond donors (Lipinski definition) is 1. The lowest BCUT2D eigenvalue weighted by Gasteiger charge is -2.31. The third kappa shape index (κ3) is 6.25. The predicted octanol–water partition coefficient (Wildman–Crippen LogP) is 4.82. The fourth-order valence-electron chi connectivity index (χ4n) is 4.07. The fraction of sp³-hybridized carbons (Fsp3) is 0.321. The van der Waals surface area contributed by atoms with Crippen LogP contribution in [0.2, 0.25) is 0 Å². The number of fused-ring (bicyclic) bond motifs is 1. The summed E-state index contributed by atoms with van der Waals surface area (Å²) in [6.45, 7) is 6.10. The van der Waals surface area contributed by atoms with Crippen LogP contribution >= 0.6 is 0 Å². The van der Waals surface area contributed by atoms with Crippen molar-refractivity contribution < 1.29 is 19.1 Å². The smallest absolute Gasteiger partial charge is 0.408 e. The number of rotatable bonds is 7. The maximum Gasteiger partial charge on any atom is 0.408 e. The number of pyridine rings is 1. The van der Waals surface area contributed by atoms with Crippen LogP contribution in [0.25, 0.3) is 0 Å². The molecule has 0 saturated heterocycles. The van der Waals surface area contributed by atoms with Crippen molar-refractivity contribution in [2.45, 2.75) is 51.5 Å². The minimum atomic E-state index is -1.00. The Morgan fingerprint density at radius 3 is 2.37 bits per heavy atom. The second-order valence-corrected chi connectivity index (χ2v) is 9.48. The van der Waals surface area contributed by atoms with Crippen LogP contribution in [0.3, 0.4) is 0 Å². The highest BCUT2D eigenvalue weighted by Gasteiger charge is 2.38. The number of aromatic nitrogens is 1. The zero-order valence-electron chi connectivity index (χ0n) is 20.3. The summed E-state index contributed by atoms with van der Waals surface area (Å²) in [5, 5.41) is 2.90. The van der Waals surface area contributed by atoms with E-state index in [0.717, 1.165) is 23.1 Å². The summed E-state index contributed by atoms with van der Waals surface area (Å²) in [5.41, 5.74) is 1.99. The summed E-state index contributed by atoms with van der Waals surface area (Å²) in [4.78, 5) is 32.9. The van der Waals surface area contributed by atoms with Crippen LogP contribution in [0.1, 0.15) is 43.5 Å². The Balaban J connectivity index is 1.68. The topological polar surface area (TPSA) is 80.8 Å². The summed E-state index contributed by atoms with van der Waals surface area (Å²) in [7, 11) is 0. The van der Waals surface area contributed by atoms with Gasteiger partial charge in [-0.3, -0.25) is 9.69 Å². The Labute approximate surface area is 206 Å². The van der Waals surface area contributed by atoms with Gasteiger partial charge in [0.25, 0.3) is 5.91 Å². The van der Waals surface area contributed by atoms with E-state index >= 15 is 0 Å². The first-order valence-electron chi connectivity index (χ1n) is 11.8. The summed E-state index contributed by atoms with van der Waals surface area (Å²) in [5.74, 6) is 0.373. The molecule has 1 N–H and O–H groups in total. The van der Waals surface area contributed by atoms with Crippen molar-refractivity contribution in [2.75, 3.05) is 11.4 Å². The van der Waals surface area contributed by atoms with Gasteiger partial charge in [-0.25, -0.2) is 9.78 Å². The molecule has 1 aliphatic heterocycles. The molecule has 0 unspecified atom stereocenters. The Morgan fingerprint density at radius 1 is 1.00 bits per heavy atom. The Hall–Kier alpha value is -3.71. The number of hydrogen-bond acceptors (Lipinski definition) is 5. The summed E-state index contributed by atoms with van der Waals surface area (Å²) < 4.78 is 11.8. The number of anilines is 1. The largest absolute Gasteiger partial charge is 0.444 e. The second-order valence-electron chi connectivity index (χ2n) is 9.48. The van der Waals surface area contributed by atoms with Crippen LogP contribution in [0, 0.1) is 0 Å². The predicted molar refractivity (Wildman–Crippen MR) is 134 cm³/mol. The van der Waals surface area contributed by atoms with Crippen molar-refractivity contribution in [3.05, 3.63) is 95.7 Å². The van der Waals surface area contributed by atoms with Gasteiger partial charge in [-0.2, -0.15) is 0 Å². The molecular weight excluding hydrogens is 442 g/mol. The molecule has 2 heterocycles. The molecule has 35 heavy (non-hydrogen) atoms. The molecule has 7 heteroatoms. The monoisotopic (exact) mass is 473 g/mol. The number of nitrogens with zero attached hydrogens (tertiary/aromatic N) is 2. The van der Waals surface area contributed by atoms with E-state index in [2.05, 4.69) is 10.3 Å². The van der Waals surface area contributed by atoms with E-state index in [0.29, 0.717) is 12.4 Å². The van der Waals surface area contributed by atoms with E-state index in [4.69, 9.17) is 9.47 Å². The van der Waals surface area contributed by atoms with Gasteiger partial charge in [-0.1, -0.05) is 66.7 Å². The molecule has 2 atom stereocenters. The molecule has 0 fully saturated rings. The van der Waals surface area contributed by atoms with Crippen LogP contribution in [-0.2, 0) is 27.3 Å². The van der Waals surface area contributed by atoms with E-state index in [-0.39, 0.29) is 12.5 Å². The Morgan fingerprint density at radius 2 is 1.69 bits per heavy atom. The van der Waals surface area contributed by atoms with Gasteiger partial charge in [0.15, 0.2) is 6.10 Å². The van der Waals surface area contributed by atoms with Crippen LogP contribution in [-0.4, -0.2) is 35.2 Å². The van der Waals surface area contributed by atoms with Crippen molar-refractivity contribution in [2.24, 2.45) is 0 Å². The molecule has 1 aliphatic rings. The molecule has 182 valence electrons. The van der Waals surface area contributed by atoms with Crippen LogP contribution in [0.5, 0.6) is 0 Å². The first-order chi connectivity index (χ1) is 16.8. The number of carbonyl (C=O) groups is 2. The number of alkyl carbamates (subject to hydrolysis) is 1. The first kappa shape index (κ1) is 24.4. The molecule has 7 nitrogen and oxygen atoms in total. The number of ether oxygens (including phenoxy) is 2. The number of carbonyl (C=O) groups excluding carboxylic acids is 2. The average molecular weight is 474 g/mol. The molecule has 0 radical (unpaired) electrons. The van der Waals surface area contributed by atoms with Crippen molar-refractivity contribution in [1.29, 1.82) is 0 Å². The summed E-state index contributed by atoms with van der Waals surface area (Å²) in [6.07, 6.45) is 0.777. The quantitative estimate of drug-likeness (QED) is 0.532. The lowest BCUT2D eigenvalue weighted by atomic mass is 10.00. The van der Waals surface area contributed by atoms with Gasteiger partial charge in [-0.15, -0.1) is 0 Å². The number of amides is 2.